The van der Waals surface area contributed by atoms with E-state index in [1.165, 1.54) is 0 Å². The lowest BCUT2D eigenvalue weighted by atomic mass is 10.2. The lowest BCUT2D eigenvalue weighted by molar-refractivity contribution is 0.650. The SMILES string of the molecule is C=C(Cc1ccn(C)n1)NC(C)C. The molecule has 1 rings (SSSR count). The van der Waals surface area contributed by atoms with E-state index in [0.29, 0.717) is 6.04 Å². The fraction of sp³-hybridized carbons (Fsp3) is 0.500. The summed E-state index contributed by atoms with van der Waals surface area (Å²) < 4.78 is 1.80. The molecule has 0 aliphatic rings. The number of nitrogens with one attached hydrogen (secondary N) is 1. The van der Waals surface area contributed by atoms with Crippen LogP contribution < -0.4 is 5.32 Å². The van der Waals surface area contributed by atoms with Gasteiger partial charge in [-0.05, 0) is 19.9 Å². The summed E-state index contributed by atoms with van der Waals surface area (Å²) in [5, 5.41) is 7.53. The van der Waals surface area contributed by atoms with Crippen LogP contribution in [0.1, 0.15) is 19.5 Å². The smallest absolute Gasteiger partial charge is 0.0682 e. The van der Waals surface area contributed by atoms with Gasteiger partial charge in [0.15, 0.2) is 0 Å². The molecule has 0 aliphatic heterocycles. The van der Waals surface area contributed by atoms with Gasteiger partial charge in [0.1, 0.15) is 0 Å². The molecule has 0 unspecified atom stereocenters. The van der Waals surface area contributed by atoms with Gasteiger partial charge < -0.3 is 5.32 Å². The van der Waals surface area contributed by atoms with Crippen LogP contribution in [-0.4, -0.2) is 15.8 Å². The molecular formula is C10H17N3. The van der Waals surface area contributed by atoms with Gasteiger partial charge in [0.2, 0.25) is 0 Å². The van der Waals surface area contributed by atoms with Crippen molar-refractivity contribution < 1.29 is 0 Å². The third-order valence-corrected chi connectivity index (χ3v) is 1.66. The van der Waals surface area contributed by atoms with Gasteiger partial charge in [-0.2, -0.15) is 5.10 Å². The van der Waals surface area contributed by atoms with E-state index in [9.17, 15) is 0 Å². The zero-order valence-corrected chi connectivity index (χ0v) is 8.54. The molecule has 0 aliphatic carbocycles. The number of hydrogen-bond donors (Lipinski definition) is 1. The molecule has 3 heteroatoms. The molecule has 72 valence electrons. The van der Waals surface area contributed by atoms with Gasteiger partial charge in [0.25, 0.3) is 0 Å². The Morgan fingerprint density at radius 2 is 2.38 bits per heavy atom. The van der Waals surface area contributed by atoms with Crippen molar-refractivity contribution in [1.82, 2.24) is 15.1 Å². The van der Waals surface area contributed by atoms with Crippen molar-refractivity contribution in [1.29, 1.82) is 0 Å². The van der Waals surface area contributed by atoms with Crippen molar-refractivity contribution in [2.75, 3.05) is 0 Å². The maximum absolute atomic E-state index is 4.27. The average molecular weight is 179 g/mol. The van der Waals surface area contributed by atoms with Crippen LogP contribution in [-0.2, 0) is 13.5 Å². The average Bonchev–Trinajstić information content (AvgIpc) is 2.33. The highest BCUT2D eigenvalue weighted by atomic mass is 15.2. The van der Waals surface area contributed by atoms with E-state index < -0.39 is 0 Å². The molecule has 0 saturated carbocycles. The molecule has 1 aromatic rings. The molecule has 0 bridgehead atoms. The Morgan fingerprint density at radius 3 is 2.85 bits per heavy atom. The number of aromatic nitrogens is 2. The van der Waals surface area contributed by atoms with Crippen LogP contribution in [0.2, 0.25) is 0 Å². The van der Waals surface area contributed by atoms with Crippen molar-refractivity contribution in [3.63, 3.8) is 0 Å². The quantitative estimate of drug-likeness (QED) is 0.758. The second kappa shape index (κ2) is 4.12. The van der Waals surface area contributed by atoms with Crippen LogP contribution in [0.15, 0.2) is 24.5 Å². The van der Waals surface area contributed by atoms with E-state index in [-0.39, 0.29) is 0 Å². The number of nitrogens with zero attached hydrogens (tertiary/aromatic N) is 2. The summed E-state index contributed by atoms with van der Waals surface area (Å²) in [6.45, 7) is 8.14. The van der Waals surface area contributed by atoms with Gasteiger partial charge in [-0.25, -0.2) is 0 Å². The van der Waals surface area contributed by atoms with Crippen LogP contribution in [0.5, 0.6) is 0 Å². The van der Waals surface area contributed by atoms with Crippen molar-refractivity contribution >= 4 is 0 Å². The normalized spacial score (nSPS) is 10.5. The maximum Gasteiger partial charge on any atom is 0.0682 e. The molecule has 0 saturated heterocycles. The number of allylic oxidation sites excluding steroid dienone is 1. The molecule has 0 aromatic carbocycles. The molecule has 1 heterocycles. The first-order chi connectivity index (χ1) is 6.08. The van der Waals surface area contributed by atoms with Gasteiger partial charge in [-0.1, -0.05) is 6.58 Å². The van der Waals surface area contributed by atoms with Crippen LogP contribution >= 0.6 is 0 Å². The molecule has 0 atom stereocenters. The summed E-state index contributed by atoms with van der Waals surface area (Å²) in [4.78, 5) is 0. The highest BCUT2D eigenvalue weighted by Gasteiger charge is 2.00. The van der Waals surface area contributed by atoms with Gasteiger partial charge in [-0.3, -0.25) is 4.68 Å². The molecule has 0 amide bonds. The van der Waals surface area contributed by atoms with Crippen molar-refractivity contribution in [3.8, 4) is 0 Å². The third kappa shape index (κ3) is 3.32. The van der Waals surface area contributed by atoms with Crippen LogP contribution in [0.3, 0.4) is 0 Å². The molecule has 0 spiro atoms. The molecule has 0 radical (unpaired) electrons. The number of hydrogen-bond acceptors (Lipinski definition) is 2. The van der Waals surface area contributed by atoms with E-state index >= 15 is 0 Å². The molecule has 3 nitrogen and oxygen atoms in total. The second-order valence-corrected chi connectivity index (χ2v) is 3.56. The summed E-state index contributed by atoms with van der Waals surface area (Å²) in [5.74, 6) is 0. The predicted octanol–water partition coefficient (Wildman–Crippen LogP) is 1.47. The lowest BCUT2D eigenvalue weighted by Gasteiger charge is -2.11. The minimum absolute atomic E-state index is 0.441. The fourth-order valence-corrected chi connectivity index (χ4v) is 1.24. The Kier molecular flexibility index (Phi) is 3.12. The first kappa shape index (κ1) is 9.84. The highest BCUT2D eigenvalue weighted by molar-refractivity contribution is 5.09. The third-order valence-electron chi connectivity index (χ3n) is 1.66. The first-order valence-corrected chi connectivity index (χ1v) is 4.51. The Balaban J connectivity index is 2.45. The van der Waals surface area contributed by atoms with E-state index in [0.717, 1.165) is 17.8 Å². The van der Waals surface area contributed by atoms with Crippen molar-refractivity contribution in [2.45, 2.75) is 26.3 Å². The van der Waals surface area contributed by atoms with Crippen LogP contribution in [0.4, 0.5) is 0 Å². The van der Waals surface area contributed by atoms with E-state index in [1.807, 2.05) is 19.3 Å². The first-order valence-electron chi connectivity index (χ1n) is 4.51. The van der Waals surface area contributed by atoms with Crippen LogP contribution in [0.25, 0.3) is 0 Å². The summed E-state index contributed by atoms with van der Waals surface area (Å²) >= 11 is 0. The van der Waals surface area contributed by atoms with Gasteiger partial charge in [-0.15, -0.1) is 0 Å². The highest BCUT2D eigenvalue weighted by Crippen LogP contribution is 2.01. The largest absolute Gasteiger partial charge is 0.386 e. The van der Waals surface area contributed by atoms with Gasteiger partial charge in [0.05, 0.1) is 5.69 Å². The van der Waals surface area contributed by atoms with Crippen LogP contribution in [0, 0.1) is 0 Å². The van der Waals surface area contributed by atoms with E-state index in [4.69, 9.17) is 0 Å². The second-order valence-electron chi connectivity index (χ2n) is 3.56. The molecule has 1 aromatic heterocycles. The Labute approximate surface area is 79.5 Å². The lowest BCUT2D eigenvalue weighted by Crippen LogP contribution is -2.22. The topological polar surface area (TPSA) is 29.9 Å². The zero-order valence-electron chi connectivity index (χ0n) is 8.54. The summed E-state index contributed by atoms with van der Waals surface area (Å²) in [7, 11) is 1.92. The van der Waals surface area contributed by atoms with Crippen molar-refractivity contribution in [2.24, 2.45) is 7.05 Å². The van der Waals surface area contributed by atoms with Gasteiger partial charge in [0, 0.05) is 31.4 Å². The summed E-state index contributed by atoms with van der Waals surface area (Å²) in [6.07, 6.45) is 2.75. The maximum atomic E-state index is 4.27. The standard InChI is InChI=1S/C10H17N3/c1-8(2)11-9(3)7-10-5-6-13(4)12-10/h5-6,8,11H,3,7H2,1-2,4H3. The fourth-order valence-electron chi connectivity index (χ4n) is 1.24. The molecule has 0 fully saturated rings. The monoisotopic (exact) mass is 179 g/mol. The summed E-state index contributed by atoms with van der Waals surface area (Å²) in [6, 6.07) is 2.45. The molecule has 1 N–H and O–H groups in total. The van der Waals surface area contributed by atoms with Gasteiger partial charge >= 0.3 is 0 Å². The Bertz CT molecular complexity index is 286. The predicted molar refractivity (Wildman–Crippen MR) is 54.3 cm³/mol. The summed E-state index contributed by atoms with van der Waals surface area (Å²) in [5.41, 5.74) is 2.08. The minimum atomic E-state index is 0.441. The number of aryl methyl sites for hydroxylation is 1. The van der Waals surface area contributed by atoms with E-state index in [2.05, 4.69) is 30.8 Å². The number of rotatable bonds is 4. The Morgan fingerprint density at radius 1 is 1.69 bits per heavy atom. The Hall–Kier alpha value is -1.25. The zero-order chi connectivity index (χ0) is 9.84. The van der Waals surface area contributed by atoms with Crippen molar-refractivity contribution in [3.05, 3.63) is 30.2 Å². The molecular weight excluding hydrogens is 162 g/mol. The minimum Gasteiger partial charge on any atom is -0.386 e. The van der Waals surface area contributed by atoms with E-state index in [1.54, 1.807) is 4.68 Å². The molecule has 13 heavy (non-hydrogen) atoms.